The molecule has 0 aliphatic carbocycles. The van der Waals surface area contributed by atoms with Gasteiger partial charge in [0.1, 0.15) is 0 Å². The van der Waals surface area contributed by atoms with Crippen molar-refractivity contribution < 1.29 is 13.2 Å². The Morgan fingerprint density at radius 3 is 2.42 bits per heavy atom. The predicted octanol–water partition coefficient (Wildman–Crippen LogP) is 3.89. The number of hydrogen-bond acceptors (Lipinski definition) is 2. The quantitative estimate of drug-likeness (QED) is 0.576. The first-order chi connectivity index (χ1) is 11.5. The van der Waals surface area contributed by atoms with Crippen LogP contribution in [0.25, 0.3) is 27.5 Å². The highest BCUT2D eigenvalue weighted by atomic mass is 19.4. The maximum atomic E-state index is 13.2. The van der Waals surface area contributed by atoms with E-state index >= 15 is 0 Å². The van der Waals surface area contributed by atoms with Gasteiger partial charge < -0.3 is 0 Å². The topological polar surface area (TPSA) is 50.7 Å². The van der Waals surface area contributed by atoms with Crippen LogP contribution >= 0.6 is 0 Å². The number of fused-ring (bicyclic) bond motifs is 3. The maximum Gasteiger partial charge on any atom is 0.418 e. The summed E-state index contributed by atoms with van der Waals surface area (Å²) in [7, 11) is 0. The van der Waals surface area contributed by atoms with E-state index in [1.807, 2.05) is 6.07 Å². The minimum atomic E-state index is -4.51. The molecule has 0 amide bonds. The Labute approximate surface area is 133 Å². The van der Waals surface area contributed by atoms with Gasteiger partial charge in [0, 0.05) is 11.6 Å². The van der Waals surface area contributed by atoms with Crippen LogP contribution in [0.1, 0.15) is 5.56 Å². The summed E-state index contributed by atoms with van der Waals surface area (Å²) in [4.78, 5) is 16.4. The second-order valence-electron chi connectivity index (χ2n) is 5.33. The molecule has 0 saturated carbocycles. The number of halogens is 3. The Hall–Kier alpha value is -3.09. The van der Waals surface area contributed by atoms with Crippen molar-refractivity contribution in [1.82, 2.24) is 14.8 Å². The van der Waals surface area contributed by atoms with Crippen LogP contribution in [0, 0.1) is 0 Å². The Kier molecular flexibility index (Phi) is 2.99. The number of rotatable bonds is 1. The van der Waals surface area contributed by atoms with Crippen molar-refractivity contribution in [2.24, 2.45) is 0 Å². The van der Waals surface area contributed by atoms with Gasteiger partial charge in [0.15, 0.2) is 0 Å². The molecule has 4 aromatic rings. The van der Waals surface area contributed by atoms with Crippen LogP contribution < -0.4 is 5.56 Å². The molecule has 0 aliphatic rings. The van der Waals surface area contributed by atoms with Crippen molar-refractivity contribution in [2.75, 3.05) is 0 Å². The maximum absolute atomic E-state index is 13.2. The first-order valence-electron chi connectivity index (χ1n) is 7.12. The lowest BCUT2D eigenvalue weighted by molar-refractivity contribution is -0.136. The summed E-state index contributed by atoms with van der Waals surface area (Å²) in [6.45, 7) is 0. The van der Waals surface area contributed by atoms with Gasteiger partial charge >= 0.3 is 6.18 Å². The SMILES string of the molecule is O=c1c2cnc3c(C(F)(F)F)cccc3c2[nH]n1-c1ccccc1. The standard InChI is InChI=1S/C17H10F3N3O/c18-17(19,20)13-8-4-7-11-14-12(9-21-15(11)13)16(24)23(22-14)10-5-2-1-3-6-10/h1-9,22H. The highest BCUT2D eigenvalue weighted by Crippen LogP contribution is 2.35. The number of nitrogens with one attached hydrogen (secondary N) is 1. The average Bonchev–Trinajstić information content (AvgIpc) is 2.91. The molecule has 2 heterocycles. The van der Waals surface area contributed by atoms with Crippen molar-refractivity contribution >= 4 is 21.8 Å². The van der Waals surface area contributed by atoms with Crippen LogP contribution in [0.3, 0.4) is 0 Å². The fraction of sp³-hybridized carbons (Fsp3) is 0.0588. The third-order valence-corrected chi connectivity index (χ3v) is 3.87. The zero-order valence-corrected chi connectivity index (χ0v) is 12.1. The number of pyridine rings is 1. The zero-order chi connectivity index (χ0) is 16.9. The van der Waals surface area contributed by atoms with Gasteiger partial charge in [-0.1, -0.05) is 30.3 Å². The highest BCUT2D eigenvalue weighted by molar-refractivity contribution is 6.03. The summed E-state index contributed by atoms with van der Waals surface area (Å²) >= 11 is 0. The van der Waals surface area contributed by atoms with E-state index in [0.717, 1.165) is 6.07 Å². The molecule has 4 nitrogen and oxygen atoms in total. The minimum absolute atomic E-state index is 0.182. The van der Waals surface area contributed by atoms with Crippen LogP contribution in [0.15, 0.2) is 59.5 Å². The van der Waals surface area contributed by atoms with Crippen LogP contribution in [0.2, 0.25) is 0 Å². The molecule has 24 heavy (non-hydrogen) atoms. The van der Waals surface area contributed by atoms with Crippen molar-refractivity contribution in [3.05, 3.63) is 70.6 Å². The molecule has 0 spiro atoms. The van der Waals surface area contributed by atoms with E-state index in [2.05, 4.69) is 10.1 Å². The van der Waals surface area contributed by atoms with Gasteiger partial charge in [-0.2, -0.15) is 13.2 Å². The summed E-state index contributed by atoms with van der Waals surface area (Å²) in [6, 6.07) is 12.6. The summed E-state index contributed by atoms with van der Waals surface area (Å²) < 4.78 is 40.7. The van der Waals surface area contributed by atoms with E-state index in [9.17, 15) is 18.0 Å². The molecular weight excluding hydrogens is 319 g/mol. The van der Waals surface area contributed by atoms with E-state index in [4.69, 9.17) is 0 Å². The molecule has 4 rings (SSSR count). The normalized spacial score (nSPS) is 12.1. The Bertz CT molecular complexity index is 1110. The number of nitrogens with zero attached hydrogens (tertiary/aromatic N) is 2. The fourth-order valence-corrected chi connectivity index (χ4v) is 2.78. The van der Waals surface area contributed by atoms with Crippen molar-refractivity contribution in [3.63, 3.8) is 0 Å². The second kappa shape index (κ2) is 4.95. The Morgan fingerprint density at radius 2 is 1.71 bits per heavy atom. The van der Waals surface area contributed by atoms with Gasteiger partial charge in [0.05, 0.1) is 27.7 Å². The first-order valence-corrected chi connectivity index (χ1v) is 7.12. The van der Waals surface area contributed by atoms with Crippen LogP contribution in [0.4, 0.5) is 13.2 Å². The van der Waals surface area contributed by atoms with Crippen molar-refractivity contribution in [1.29, 1.82) is 0 Å². The summed E-state index contributed by atoms with van der Waals surface area (Å²) in [5.74, 6) is 0. The fourth-order valence-electron chi connectivity index (χ4n) is 2.78. The Morgan fingerprint density at radius 1 is 0.958 bits per heavy atom. The highest BCUT2D eigenvalue weighted by Gasteiger charge is 2.33. The van der Waals surface area contributed by atoms with E-state index in [1.165, 1.54) is 23.0 Å². The van der Waals surface area contributed by atoms with Crippen LogP contribution in [-0.2, 0) is 6.18 Å². The smallest absolute Gasteiger partial charge is 0.290 e. The molecule has 1 N–H and O–H groups in total. The number of para-hydroxylation sites is 2. The second-order valence-corrected chi connectivity index (χ2v) is 5.33. The van der Waals surface area contributed by atoms with Gasteiger partial charge in [-0.25, -0.2) is 4.68 Å². The van der Waals surface area contributed by atoms with Gasteiger partial charge in [0.2, 0.25) is 0 Å². The molecule has 2 aromatic carbocycles. The third kappa shape index (κ3) is 2.09. The molecular formula is C17H10F3N3O. The number of hydrogen-bond donors (Lipinski definition) is 1. The van der Waals surface area contributed by atoms with Gasteiger partial charge in [-0.15, -0.1) is 0 Å². The van der Waals surface area contributed by atoms with Crippen LogP contribution in [-0.4, -0.2) is 14.8 Å². The number of aromatic amines is 1. The Balaban J connectivity index is 2.09. The third-order valence-electron chi connectivity index (χ3n) is 3.87. The molecule has 120 valence electrons. The van der Waals surface area contributed by atoms with Gasteiger partial charge in [-0.05, 0) is 18.2 Å². The first kappa shape index (κ1) is 14.5. The lowest BCUT2D eigenvalue weighted by atomic mass is 10.1. The molecule has 0 bridgehead atoms. The van der Waals surface area contributed by atoms with Gasteiger partial charge in [0.25, 0.3) is 5.56 Å². The number of alkyl halides is 3. The number of benzene rings is 2. The largest absolute Gasteiger partial charge is 0.418 e. The summed E-state index contributed by atoms with van der Waals surface area (Å²) in [5.41, 5.74) is -0.434. The lowest BCUT2D eigenvalue weighted by Crippen LogP contribution is -2.13. The molecule has 7 heteroatoms. The molecule has 0 fully saturated rings. The van der Waals surface area contributed by atoms with Gasteiger partial charge in [-0.3, -0.25) is 14.9 Å². The molecule has 0 aliphatic heterocycles. The van der Waals surface area contributed by atoms with Crippen LogP contribution in [0.5, 0.6) is 0 Å². The molecule has 2 aromatic heterocycles. The number of H-pyrrole nitrogens is 1. The minimum Gasteiger partial charge on any atom is -0.290 e. The van der Waals surface area contributed by atoms with E-state index in [-0.39, 0.29) is 21.8 Å². The van der Waals surface area contributed by atoms with E-state index in [1.54, 1.807) is 24.3 Å². The zero-order valence-electron chi connectivity index (χ0n) is 12.1. The average molecular weight is 329 g/mol. The molecule has 0 atom stereocenters. The summed E-state index contributed by atoms with van der Waals surface area (Å²) in [5, 5.41) is 3.40. The molecule has 0 radical (unpaired) electrons. The van der Waals surface area contributed by atoms with Crippen molar-refractivity contribution in [3.8, 4) is 5.69 Å². The van der Waals surface area contributed by atoms with Crippen molar-refractivity contribution in [2.45, 2.75) is 6.18 Å². The number of aromatic nitrogens is 3. The monoisotopic (exact) mass is 329 g/mol. The lowest BCUT2D eigenvalue weighted by Gasteiger charge is -2.09. The summed E-state index contributed by atoms with van der Waals surface area (Å²) in [6.07, 6.45) is -3.33. The molecule has 0 saturated heterocycles. The molecule has 0 unspecified atom stereocenters. The van der Waals surface area contributed by atoms with E-state index < -0.39 is 11.7 Å². The predicted molar refractivity (Wildman–Crippen MR) is 84.2 cm³/mol. The van der Waals surface area contributed by atoms with E-state index in [0.29, 0.717) is 11.2 Å².